The lowest BCUT2D eigenvalue weighted by molar-refractivity contribution is 0.250. The lowest BCUT2D eigenvalue weighted by Gasteiger charge is -2.28. The van der Waals surface area contributed by atoms with Gasteiger partial charge in [0.25, 0.3) is 0 Å². The van der Waals surface area contributed by atoms with Gasteiger partial charge in [-0.3, -0.25) is 0 Å². The Hall–Kier alpha value is -1.87. The number of aryl methyl sites for hydroxylation is 2. The summed E-state index contributed by atoms with van der Waals surface area (Å²) in [6.07, 6.45) is 0.907. The molecule has 1 heterocycles. The van der Waals surface area contributed by atoms with Crippen LogP contribution < -0.4 is 10.1 Å². The topological polar surface area (TPSA) is 21.3 Å². The summed E-state index contributed by atoms with van der Waals surface area (Å²) < 4.78 is 19.5. The number of rotatable bonds is 3. The van der Waals surface area contributed by atoms with Crippen molar-refractivity contribution in [2.45, 2.75) is 32.9 Å². The van der Waals surface area contributed by atoms with Gasteiger partial charge in [0.15, 0.2) is 0 Å². The van der Waals surface area contributed by atoms with Crippen molar-refractivity contribution < 1.29 is 9.13 Å². The molecule has 0 amide bonds. The van der Waals surface area contributed by atoms with Crippen LogP contribution in [-0.2, 0) is 6.54 Å². The smallest absolute Gasteiger partial charge is 0.127 e. The molecular weight excluding hydrogens is 265 g/mol. The average molecular weight is 285 g/mol. The molecule has 0 radical (unpaired) electrons. The highest BCUT2D eigenvalue weighted by Gasteiger charge is 2.23. The molecule has 2 aromatic carbocycles. The van der Waals surface area contributed by atoms with E-state index < -0.39 is 0 Å². The van der Waals surface area contributed by atoms with Gasteiger partial charge in [0.2, 0.25) is 0 Å². The van der Waals surface area contributed by atoms with Gasteiger partial charge < -0.3 is 10.1 Å². The van der Waals surface area contributed by atoms with Crippen LogP contribution in [-0.4, -0.2) is 6.61 Å². The van der Waals surface area contributed by atoms with E-state index in [-0.39, 0.29) is 11.9 Å². The Bertz CT molecular complexity index is 654. The molecular formula is C18H20FNO. The molecule has 1 aliphatic rings. The lowest BCUT2D eigenvalue weighted by Crippen LogP contribution is -2.27. The zero-order valence-electron chi connectivity index (χ0n) is 12.4. The molecule has 0 spiro atoms. The molecule has 1 atom stereocenters. The van der Waals surface area contributed by atoms with Crippen molar-refractivity contribution in [1.82, 2.24) is 5.32 Å². The number of nitrogens with one attached hydrogen (secondary N) is 1. The van der Waals surface area contributed by atoms with Gasteiger partial charge in [0.05, 0.1) is 6.61 Å². The van der Waals surface area contributed by atoms with Gasteiger partial charge >= 0.3 is 0 Å². The van der Waals surface area contributed by atoms with E-state index in [0.29, 0.717) is 18.7 Å². The molecule has 1 N–H and O–H groups in total. The minimum atomic E-state index is -0.155. The Morgan fingerprint density at radius 1 is 1.24 bits per heavy atom. The van der Waals surface area contributed by atoms with Crippen molar-refractivity contribution in [3.8, 4) is 5.75 Å². The second-order valence-corrected chi connectivity index (χ2v) is 5.66. The number of halogens is 1. The number of fused-ring (bicyclic) bond motifs is 1. The molecule has 0 bridgehead atoms. The molecule has 2 aromatic rings. The summed E-state index contributed by atoms with van der Waals surface area (Å²) in [5, 5.41) is 3.47. The van der Waals surface area contributed by atoms with E-state index in [4.69, 9.17) is 4.74 Å². The zero-order chi connectivity index (χ0) is 14.8. The molecule has 3 rings (SSSR count). The average Bonchev–Trinajstić information content (AvgIpc) is 2.46. The summed E-state index contributed by atoms with van der Waals surface area (Å²) in [5.74, 6) is 0.829. The van der Waals surface area contributed by atoms with Gasteiger partial charge in [-0.1, -0.05) is 35.9 Å². The fourth-order valence-corrected chi connectivity index (χ4v) is 2.96. The maximum atomic E-state index is 13.7. The Labute approximate surface area is 125 Å². The van der Waals surface area contributed by atoms with E-state index in [1.807, 2.05) is 12.1 Å². The van der Waals surface area contributed by atoms with Gasteiger partial charge in [-0.25, -0.2) is 4.39 Å². The van der Waals surface area contributed by atoms with E-state index in [2.05, 4.69) is 31.3 Å². The largest absolute Gasteiger partial charge is 0.493 e. The zero-order valence-corrected chi connectivity index (χ0v) is 12.4. The van der Waals surface area contributed by atoms with Crippen LogP contribution in [0.25, 0.3) is 0 Å². The monoisotopic (exact) mass is 285 g/mol. The first kappa shape index (κ1) is 14.1. The van der Waals surface area contributed by atoms with Crippen LogP contribution in [0.3, 0.4) is 0 Å². The highest BCUT2D eigenvalue weighted by molar-refractivity contribution is 5.46. The number of hydrogen-bond donors (Lipinski definition) is 1. The predicted octanol–water partition coefficient (Wildman–Crippen LogP) is 4.06. The Kier molecular flexibility index (Phi) is 3.93. The SMILES string of the molecule is Cc1cc(C)c2c(c1)C(NCc1ccccc1F)CCO2. The summed E-state index contributed by atoms with van der Waals surface area (Å²) in [6, 6.07) is 11.4. The van der Waals surface area contributed by atoms with Crippen molar-refractivity contribution in [2.75, 3.05) is 6.61 Å². The van der Waals surface area contributed by atoms with E-state index in [1.54, 1.807) is 6.07 Å². The van der Waals surface area contributed by atoms with Crippen LogP contribution in [0.1, 0.15) is 34.7 Å². The van der Waals surface area contributed by atoms with Crippen molar-refractivity contribution >= 4 is 0 Å². The molecule has 3 heteroatoms. The summed E-state index contributed by atoms with van der Waals surface area (Å²) in [5.41, 5.74) is 4.29. The fourth-order valence-electron chi connectivity index (χ4n) is 2.96. The summed E-state index contributed by atoms with van der Waals surface area (Å²) in [6.45, 7) is 5.40. The number of ether oxygens (including phenoxy) is 1. The highest BCUT2D eigenvalue weighted by Crippen LogP contribution is 2.35. The second-order valence-electron chi connectivity index (χ2n) is 5.66. The molecule has 0 saturated heterocycles. The third-order valence-corrected chi connectivity index (χ3v) is 3.97. The van der Waals surface area contributed by atoms with Crippen LogP contribution in [0.4, 0.5) is 4.39 Å². The van der Waals surface area contributed by atoms with E-state index in [0.717, 1.165) is 12.2 Å². The Balaban J connectivity index is 1.81. The van der Waals surface area contributed by atoms with Crippen LogP contribution in [0.2, 0.25) is 0 Å². The van der Waals surface area contributed by atoms with Crippen LogP contribution in [0.15, 0.2) is 36.4 Å². The molecule has 1 unspecified atom stereocenters. The molecule has 110 valence electrons. The third-order valence-electron chi connectivity index (χ3n) is 3.97. The van der Waals surface area contributed by atoms with Crippen LogP contribution >= 0.6 is 0 Å². The maximum absolute atomic E-state index is 13.7. The van der Waals surface area contributed by atoms with Crippen LogP contribution in [0.5, 0.6) is 5.75 Å². The molecule has 1 aliphatic heterocycles. The normalized spacial score (nSPS) is 17.2. The minimum absolute atomic E-state index is 0.155. The standard InChI is InChI=1S/C18H20FNO/c1-12-9-13(2)18-15(10-12)17(7-8-21-18)20-11-14-5-3-4-6-16(14)19/h3-6,9-10,17,20H,7-8,11H2,1-2H3. The van der Waals surface area contributed by atoms with E-state index in [1.165, 1.54) is 22.8 Å². The molecule has 0 aromatic heterocycles. The van der Waals surface area contributed by atoms with E-state index >= 15 is 0 Å². The Morgan fingerprint density at radius 2 is 2.05 bits per heavy atom. The molecule has 0 fully saturated rings. The van der Waals surface area contributed by atoms with Crippen molar-refractivity contribution in [3.05, 3.63) is 64.5 Å². The summed E-state index contributed by atoms with van der Waals surface area (Å²) >= 11 is 0. The van der Waals surface area contributed by atoms with Gasteiger partial charge in [-0.15, -0.1) is 0 Å². The summed E-state index contributed by atoms with van der Waals surface area (Å²) in [4.78, 5) is 0. The minimum Gasteiger partial charge on any atom is -0.493 e. The van der Waals surface area contributed by atoms with Gasteiger partial charge in [0.1, 0.15) is 11.6 Å². The lowest BCUT2D eigenvalue weighted by atomic mass is 9.95. The number of hydrogen-bond acceptors (Lipinski definition) is 2. The Morgan fingerprint density at radius 3 is 2.86 bits per heavy atom. The second kappa shape index (κ2) is 5.86. The third kappa shape index (κ3) is 2.93. The molecule has 0 saturated carbocycles. The molecule has 2 nitrogen and oxygen atoms in total. The van der Waals surface area contributed by atoms with Gasteiger partial charge in [0, 0.05) is 30.1 Å². The summed E-state index contributed by atoms with van der Waals surface area (Å²) in [7, 11) is 0. The first-order valence-electron chi connectivity index (χ1n) is 7.36. The highest BCUT2D eigenvalue weighted by atomic mass is 19.1. The first-order valence-corrected chi connectivity index (χ1v) is 7.36. The fraction of sp³-hybridized carbons (Fsp3) is 0.333. The van der Waals surface area contributed by atoms with E-state index in [9.17, 15) is 4.39 Å². The maximum Gasteiger partial charge on any atom is 0.127 e. The predicted molar refractivity (Wildman–Crippen MR) is 82.0 cm³/mol. The van der Waals surface area contributed by atoms with Gasteiger partial charge in [-0.05, 0) is 25.5 Å². The first-order chi connectivity index (χ1) is 10.1. The van der Waals surface area contributed by atoms with Crippen LogP contribution in [0, 0.1) is 19.7 Å². The molecule has 0 aliphatic carbocycles. The van der Waals surface area contributed by atoms with Crippen molar-refractivity contribution in [2.24, 2.45) is 0 Å². The molecule has 21 heavy (non-hydrogen) atoms. The van der Waals surface area contributed by atoms with Crippen molar-refractivity contribution in [1.29, 1.82) is 0 Å². The van der Waals surface area contributed by atoms with Gasteiger partial charge in [-0.2, -0.15) is 0 Å². The quantitative estimate of drug-likeness (QED) is 0.918. The number of benzene rings is 2. The van der Waals surface area contributed by atoms with Crippen molar-refractivity contribution in [3.63, 3.8) is 0 Å².